The summed E-state index contributed by atoms with van der Waals surface area (Å²) in [5.41, 5.74) is 0.644. The van der Waals surface area contributed by atoms with Gasteiger partial charge in [-0.25, -0.2) is 4.68 Å². The molecule has 1 amide bonds. The van der Waals surface area contributed by atoms with Crippen molar-refractivity contribution in [1.29, 1.82) is 0 Å². The lowest BCUT2D eigenvalue weighted by molar-refractivity contribution is -0.384. The van der Waals surface area contributed by atoms with Gasteiger partial charge in [-0.1, -0.05) is 71.1 Å². The molecule has 1 aliphatic heterocycles. The van der Waals surface area contributed by atoms with E-state index in [-0.39, 0.29) is 16.4 Å². The first-order valence-corrected chi connectivity index (χ1v) is 14.2. The van der Waals surface area contributed by atoms with Crippen LogP contribution >= 0.6 is 12.2 Å². The molecule has 37 heavy (non-hydrogen) atoms. The molecule has 0 saturated carbocycles. The summed E-state index contributed by atoms with van der Waals surface area (Å²) < 4.78 is 7.23. The van der Waals surface area contributed by atoms with Gasteiger partial charge in [0.25, 0.3) is 10.5 Å². The Morgan fingerprint density at radius 1 is 0.946 bits per heavy atom. The Morgan fingerprint density at radius 2 is 1.51 bits per heavy atom. The fraction of sp³-hybridized carbons (Fsp3) is 0.667. The van der Waals surface area contributed by atoms with Gasteiger partial charge in [0.15, 0.2) is 0 Å². The number of non-ortho nitro benzene ring substituents is 1. The number of nitrogens with zero attached hydrogens (tertiary/aromatic N) is 5. The first-order valence-electron chi connectivity index (χ1n) is 13.8. The monoisotopic (exact) mass is 531 g/mol. The first kappa shape index (κ1) is 29.0. The second kappa shape index (κ2) is 15.6. The number of benzene rings is 1. The molecule has 0 bridgehead atoms. The van der Waals surface area contributed by atoms with Crippen molar-refractivity contribution in [2.75, 3.05) is 26.2 Å². The van der Waals surface area contributed by atoms with Gasteiger partial charge in [0.2, 0.25) is 11.8 Å². The van der Waals surface area contributed by atoms with E-state index in [1.165, 1.54) is 69.9 Å². The van der Waals surface area contributed by atoms with Crippen molar-refractivity contribution < 1.29 is 14.1 Å². The molecule has 0 radical (unpaired) electrons. The Bertz CT molecular complexity index is 1030. The van der Waals surface area contributed by atoms with Crippen LogP contribution in [0.5, 0.6) is 0 Å². The smallest absolute Gasteiger partial charge is 0.288 e. The van der Waals surface area contributed by atoms with Gasteiger partial charge in [0.05, 0.1) is 11.6 Å². The fourth-order valence-corrected chi connectivity index (χ4v) is 4.84. The van der Waals surface area contributed by atoms with E-state index in [2.05, 4.69) is 16.9 Å². The average Bonchev–Trinajstić information content (AvgIpc) is 3.27. The zero-order chi connectivity index (χ0) is 26.5. The Hall–Kier alpha value is -2.59. The minimum atomic E-state index is -0.444. The number of aromatic nitrogens is 2. The molecule has 1 saturated heterocycles. The minimum Gasteiger partial charge on any atom is -0.409 e. The lowest BCUT2D eigenvalue weighted by atomic mass is 10.1. The number of hydrogen-bond donors (Lipinski definition) is 0. The largest absolute Gasteiger partial charge is 0.409 e. The molecular weight excluding hydrogens is 490 g/mol. The molecule has 204 valence electrons. The summed E-state index contributed by atoms with van der Waals surface area (Å²) in [5, 5.41) is 15.3. The van der Waals surface area contributed by atoms with Gasteiger partial charge in [-0.05, 0) is 30.8 Å². The number of carbonyl (C=O) groups excluding carboxylic acids is 1. The van der Waals surface area contributed by atoms with Crippen molar-refractivity contribution in [3.05, 3.63) is 39.2 Å². The molecule has 2 heterocycles. The molecular formula is C27H41N5O4S. The third kappa shape index (κ3) is 9.66. The zero-order valence-electron chi connectivity index (χ0n) is 22.1. The number of nitro groups is 1. The van der Waals surface area contributed by atoms with Crippen molar-refractivity contribution in [3.8, 4) is 11.5 Å². The van der Waals surface area contributed by atoms with Gasteiger partial charge in [0.1, 0.15) is 0 Å². The van der Waals surface area contributed by atoms with E-state index in [4.69, 9.17) is 16.6 Å². The van der Waals surface area contributed by atoms with E-state index in [0.29, 0.717) is 37.6 Å². The van der Waals surface area contributed by atoms with E-state index >= 15 is 0 Å². The van der Waals surface area contributed by atoms with E-state index < -0.39 is 4.92 Å². The molecule has 0 unspecified atom stereocenters. The van der Waals surface area contributed by atoms with Gasteiger partial charge in [-0.3, -0.25) is 19.8 Å². The van der Waals surface area contributed by atoms with Crippen LogP contribution in [0.3, 0.4) is 0 Å². The highest BCUT2D eigenvalue weighted by atomic mass is 32.1. The summed E-state index contributed by atoms with van der Waals surface area (Å²) in [5.74, 6) is 0.592. The summed E-state index contributed by atoms with van der Waals surface area (Å²) in [6, 6.07) is 6.03. The SMILES string of the molecule is CCCCCCCCCCCCCC(=O)N1CCN(Cn2nc(-c3ccc([N+](=O)[O-])cc3)oc2=S)CC1. The van der Waals surface area contributed by atoms with Crippen LogP contribution in [0.4, 0.5) is 5.69 Å². The van der Waals surface area contributed by atoms with E-state index in [9.17, 15) is 14.9 Å². The van der Waals surface area contributed by atoms with Crippen LogP contribution in [0.1, 0.15) is 84.0 Å². The van der Waals surface area contributed by atoms with Gasteiger partial charge in [-0.2, -0.15) is 0 Å². The molecule has 1 aromatic heterocycles. The van der Waals surface area contributed by atoms with Crippen LogP contribution in [0.25, 0.3) is 11.5 Å². The first-order chi connectivity index (χ1) is 18.0. The maximum absolute atomic E-state index is 12.6. The highest BCUT2D eigenvalue weighted by Crippen LogP contribution is 2.21. The number of amides is 1. The van der Waals surface area contributed by atoms with Crippen molar-refractivity contribution in [3.63, 3.8) is 0 Å². The highest BCUT2D eigenvalue weighted by Gasteiger charge is 2.22. The number of piperazine rings is 1. The third-order valence-electron chi connectivity index (χ3n) is 6.98. The standard InChI is InChI=1S/C27H41N5O4S/c1-2-3-4-5-6-7-8-9-10-11-12-13-25(33)30-20-18-29(19-21-30)22-31-27(37)36-26(28-31)23-14-16-24(17-15-23)32(34)35/h14-17H,2-13,18-22H2,1H3. The number of carbonyl (C=O) groups is 1. The Labute approximate surface area is 225 Å². The molecule has 0 spiro atoms. The van der Waals surface area contributed by atoms with Gasteiger partial charge >= 0.3 is 0 Å². The Balaban J connectivity index is 1.31. The van der Waals surface area contributed by atoms with Crippen molar-refractivity contribution in [2.45, 2.75) is 90.6 Å². The van der Waals surface area contributed by atoms with Crippen molar-refractivity contribution >= 4 is 23.8 Å². The summed E-state index contributed by atoms with van der Waals surface area (Å²) in [6.45, 7) is 5.66. The molecule has 9 nitrogen and oxygen atoms in total. The second-order valence-electron chi connectivity index (χ2n) is 9.90. The van der Waals surface area contributed by atoms with E-state index in [0.717, 1.165) is 25.9 Å². The van der Waals surface area contributed by atoms with Crippen molar-refractivity contribution in [1.82, 2.24) is 19.6 Å². The molecule has 0 N–H and O–H groups in total. The van der Waals surface area contributed by atoms with Crippen molar-refractivity contribution in [2.24, 2.45) is 0 Å². The van der Waals surface area contributed by atoms with E-state index in [1.54, 1.807) is 16.8 Å². The molecule has 10 heteroatoms. The molecule has 0 atom stereocenters. The summed E-state index contributed by atoms with van der Waals surface area (Å²) in [6.07, 6.45) is 14.8. The number of unbranched alkanes of at least 4 members (excludes halogenated alkanes) is 10. The molecule has 3 rings (SSSR count). The lowest BCUT2D eigenvalue weighted by Crippen LogP contribution is -2.49. The fourth-order valence-electron chi connectivity index (χ4n) is 4.66. The normalized spacial score (nSPS) is 14.2. The van der Waals surface area contributed by atoms with Crippen LogP contribution in [-0.4, -0.2) is 56.6 Å². The number of rotatable bonds is 16. The topological polar surface area (TPSA) is 97.7 Å². The summed E-state index contributed by atoms with van der Waals surface area (Å²) in [7, 11) is 0. The van der Waals surface area contributed by atoms with Crippen LogP contribution in [0, 0.1) is 15.0 Å². The molecule has 0 aliphatic carbocycles. The molecule has 1 fully saturated rings. The van der Waals surface area contributed by atoms with Gasteiger partial charge in [0, 0.05) is 50.3 Å². The minimum absolute atomic E-state index is 0.0118. The second-order valence-corrected chi connectivity index (χ2v) is 10.3. The highest BCUT2D eigenvalue weighted by molar-refractivity contribution is 7.71. The third-order valence-corrected chi connectivity index (χ3v) is 7.28. The van der Waals surface area contributed by atoms with Crippen LogP contribution < -0.4 is 0 Å². The average molecular weight is 532 g/mol. The predicted molar refractivity (Wildman–Crippen MR) is 147 cm³/mol. The molecule has 2 aromatic rings. The Morgan fingerprint density at radius 3 is 2.08 bits per heavy atom. The van der Waals surface area contributed by atoms with E-state index in [1.807, 2.05) is 4.90 Å². The van der Waals surface area contributed by atoms with Gasteiger partial charge in [-0.15, -0.1) is 5.10 Å². The lowest BCUT2D eigenvalue weighted by Gasteiger charge is -2.34. The maximum Gasteiger partial charge on any atom is 0.288 e. The zero-order valence-corrected chi connectivity index (χ0v) is 22.9. The summed E-state index contributed by atoms with van der Waals surface area (Å²) >= 11 is 5.32. The quantitative estimate of drug-likeness (QED) is 0.104. The maximum atomic E-state index is 12.6. The van der Waals surface area contributed by atoms with Crippen LogP contribution in [0.2, 0.25) is 0 Å². The van der Waals surface area contributed by atoms with Crippen LogP contribution in [-0.2, 0) is 11.5 Å². The molecule has 1 aliphatic rings. The summed E-state index contributed by atoms with van der Waals surface area (Å²) in [4.78, 5) is 27.4. The molecule has 1 aromatic carbocycles. The van der Waals surface area contributed by atoms with Gasteiger partial charge < -0.3 is 9.32 Å². The number of hydrogen-bond acceptors (Lipinski definition) is 7. The number of nitro benzene ring substituents is 1. The van der Waals surface area contributed by atoms with Crippen LogP contribution in [0.15, 0.2) is 28.7 Å². The Kier molecular flexibility index (Phi) is 12.2. The predicted octanol–water partition coefficient (Wildman–Crippen LogP) is 6.58.